The number of aryl methyl sites for hydroxylation is 2. The molecule has 0 atom stereocenters. The molecule has 1 aromatic carbocycles. The largest absolute Gasteiger partial charge is 0.495 e. The van der Waals surface area contributed by atoms with Crippen molar-refractivity contribution in [1.29, 1.82) is 0 Å². The summed E-state index contributed by atoms with van der Waals surface area (Å²) >= 11 is 3.44. The van der Waals surface area contributed by atoms with Gasteiger partial charge < -0.3 is 10.1 Å². The van der Waals surface area contributed by atoms with Crippen LogP contribution in [0.2, 0.25) is 0 Å². The molecule has 4 nitrogen and oxygen atoms in total. The molecule has 5 heteroatoms. The standard InChI is InChI=1S/C14H18BrN3O/c1-4-10-7-12(18(2)17-10)9-16-11-5-6-13(15)14(8-11)19-3/h5-8,16H,4,9H2,1-3H3. The topological polar surface area (TPSA) is 39.1 Å². The average molecular weight is 324 g/mol. The molecular weight excluding hydrogens is 306 g/mol. The van der Waals surface area contributed by atoms with Gasteiger partial charge in [-0.05, 0) is 40.5 Å². The molecule has 0 spiro atoms. The average Bonchev–Trinajstić information content (AvgIpc) is 2.78. The SMILES string of the molecule is CCc1cc(CNc2ccc(Br)c(OC)c2)n(C)n1. The van der Waals surface area contributed by atoms with Crippen LogP contribution in [-0.4, -0.2) is 16.9 Å². The minimum absolute atomic E-state index is 0.744. The molecule has 0 saturated heterocycles. The van der Waals surface area contributed by atoms with E-state index in [4.69, 9.17) is 4.74 Å². The van der Waals surface area contributed by atoms with E-state index in [2.05, 4.69) is 39.3 Å². The Morgan fingerprint density at radius 1 is 1.37 bits per heavy atom. The summed E-state index contributed by atoms with van der Waals surface area (Å²) in [6.07, 6.45) is 0.958. The first-order valence-electron chi connectivity index (χ1n) is 6.23. The van der Waals surface area contributed by atoms with E-state index in [9.17, 15) is 0 Å². The molecule has 2 rings (SSSR count). The summed E-state index contributed by atoms with van der Waals surface area (Å²) in [5, 5.41) is 7.81. The first-order chi connectivity index (χ1) is 9.13. The number of halogens is 1. The highest BCUT2D eigenvalue weighted by Gasteiger charge is 2.05. The van der Waals surface area contributed by atoms with Crippen LogP contribution in [0.25, 0.3) is 0 Å². The van der Waals surface area contributed by atoms with Crippen molar-refractivity contribution in [3.05, 3.63) is 40.1 Å². The molecule has 0 bridgehead atoms. The molecule has 0 aliphatic rings. The Hall–Kier alpha value is -1.49. The maximum absolute atomic E-state index is 5.28. The second-order valence-electron chi connectivity index (χ2n) is 4.31. The molecule has 0 amide bonds. The number of nitrogens with one attached hydrogen (secondary N) is 1. The van der Waals surface area contributed by atoms with Gasteiger partial charge in [0.1, 0.15) is 5.75 Å². The molecule has 19 heavy (non-hydrogen) atoms. The van der Waals surface area contributed by atoms with Gasteiger partial charge in [-0.3, -0.25) is 4.68 Å². The van der Waals surface area contributed by atoms with Crippen LogP contribution in [0.3, 0.4) is 0 Å². The maximum Gasteiger partial charge on any atom is 0.135 e. The van der Waals surface area contributed by atoms with Crippen molar-refractivity contribution in [1.82, 2.24) is 9.78 Å². The third kappa shape index (κ3) is 3.29. The molecule has 0 aliphatic carbocycles. The number of benzene rings is 1. The molecule has 102 valence electrons. The number of rotatable bonds is 5. The summed E-state index contributed by atoms with van der Waals surface area (Å²) in [6, 6.07) is 8.09. The van der Waals surface area contributed by atoms with E-state index < -0.39 is 0 Å². The lowest BCUT2D eigenvalue weighted by molar-refractivity contribution is 0.412. The summed E-state index contributed by atoms with van der Waals surface area (Å²) in [5.74, 6) is 0.823. The van der Waals surface area contributed by atoms with Crippen molar-refractivity contribution < 1.29 is 4.74 Å². The van der Waals surface area contributed by atoms with E-state index in [1.54, 1.807) is 7.11 Å². The van der Waals surface area contributed by atoms with Gasteiger partial charge in [-0.1, -0.05) is 6.92 Å². The lowest BCUT2D eigenvalue weighted by atomic mass is 10.2. The Bertz CT molecular complexity index is 566. The summed E-state index contributed by atoms with van der Waals surface area (Å²) in [6.45, 7) is 2.85. The fourth-order valence-electron chi connectivity index (χ4n) is 1.87. The number of methoxy groups -OCH3 is 1. The minimum atomic E-state index is 0.744. The van der Waals surface area contributed by atoms with E-state index >= 15 is 0 Å². The van der Waals surface area contributed by atoms with Crippen molar-refractivity contribution in [3.8, 4) is 5.75 Å². The maximum atomic E-state index is 5.28. The monoisotopic (exact) mass is 323 g/mol. The normalized spacial score (nSPS) is 10.5. The van der Waals surface area contributed by atoms with E-state index in [1.807, 2.05) is 29.9 Å². The summed E-state index contributed by atoms with van der Waals surface area (Å²) in [4.78, 5) is 0. The number of hydrogen-bond acceptors (Lipinski definition) is 3. The third-order valence-corrected chi connectivity index (χ3v) is 3.67. The first-order valence-corrected chi connectivity index (χ1v) is 7.02. The van der Waals surface area contributed by atoms with Gasteiger partial charge in [-0.25, -0.2) is 0 Å². The van der Waals surface area contributed by atoms with Gasteiger partial charge in [0, 0.05) is 18.8 Å². The highest BCUT2D eigenvalue weighted by molar-refractivity contribution is 9.10. The Labute approximate surface area is 121 Å². The molecule has 0 radical (unpaired) electrons. The second-order valence-corrected chi connectivity index (χ2v) is 5.16. The van der Waals surface area contributed by atoms with Crippen LogP contribution in [-0.2, 0) is 20.0 Å². The number of aromatic nitrogens is 2. The van der Waals surface area contributed by atoms with Crippen molar-refractivity contribution in [3.63, 3.8) is 0 Å². The van der Waals surface area contributed by atoms with Crippen LogP contribution < -0.4 is 10.1 Å². The Kier molecular flexibility index (Phi) is 4.47. The van der Waals surface area contributed by atoms with E-state index in [0.717, 1.165) is 34.6 Å². The molecule has 0 unspecified atom stereocenters. The van der Waals surface area contributed by atoms with Crippen LogP contribution in [0.15, 0.2) is 28.7 Å². The number of ether oxygens (including phenoxy) is 1. The predicted molar refractivity (Wildman–Crippen MR) is 80.6 cm³/mol. The van der Waals surface area contributed by atoms with Gasteiger partial charge in [0.15, 0.2) is 0 Å². The minimum Gasteiger partial charge on any atom is -0.495 e. The number of anilines is 1. The zero-order valence-corrected chi connectivity index (χ0v) is 13.0. The van der Waals surface area contributed by atoms with Gasteiger partial charge in [0.25, 0.3) is 0 Å². The fraction of sp³-hybridized carbons (Fsp3) is 0.357. The Balaban J connectivity index is 2.07. The third-order valence-electron chi connectivity index (χ3n) is 3.01. The summed E-state index contributed by atoms with van der Waals surface area (Å²) in [5.41, 5.74) is 3.31. The lowest BCUT2D eigenvalue weighted by Gasteiger charge is -2.09. The van der Waals surface area contributed by atoms with Crippen molar-refractivity contribution in [2.75, 3.05) is 12.4 Å². The molecular formula is C14H18BrN3O. The van der Waals surface area contributed by atoms with Gasteiger partial charge in [0.2, 0.25) is 0 Å². The smallest absolute Gasteiger partial charge is 0.135 e. The van der Waals surface area contributed by atoms with Gasteiger partial charge in [0.05, 0.1) is 29.5 Å². The molecule has 1 aromatic heterocycles. The van der Waals surface area contributed by atoms with Crippen LogP contribution in [0.1, 0.15) is 18.3 Å². The van der Waals surface area contributed by atoms with Crippen molar-refractivity contribution in [2.24, 2.45) is 7.05 Å². The lowest BCUT2D eigenvalue weighted by Crippen LogP contribution is -2.05. The quantitative estimate of drug-likeness (QED) is 0.917. The summed E-state index contributed by atoms with van der Waals surface area (Å²) < 4.78 is 8.15. The first kappa shape index (κ1) is 13.9. The van der Waals surface area contributed by atoms with Crippen LogP contribution in [0.4, 0.5) is 5.69 Å². The zero-order valence-electron chi connectivity index (χ0n) is 11.4. The Morgan fingerprint density at radius 2 is 2.16 bits per heavy atom. The van der Waals surface area contributed by atoms with E-state index in [-0.39, 0.29) is 0 Å². The highest BCUT2D eigenvalue weighted by atomic mass is 79.9. The van der Waals surface area contributed by atoms with Crippen molar-refractivity contribution in [2.45, 2.75) is 19.9 Å². The van der Waals surface area contributed by atoms with Gasteiger partial charge in [-0.2, -0.15) is 5.10 Å². The molecule has 0 saturated carbocycles. The Morgan fingerprint density at radius 3 is 2.79 bits per heavy atom. The van der Waals surface area contributed by atoms with E-state index in [0.29, 0.717) is 0 Å². The second kappa shape index (κ2) is 6.10. The van der Waals surface area contributed by atoms with Gasteiger partial charge >= 0.3 is 0 Å². The molecule has 1 heterocycles. The van der Waals surface area contributed by atoms with Crippen LogP contribution in [0, 0.1) is 0 Å². The number of hydrogen-bond donors (Lipinski definition) is 1. The van der Waals surface area contributed by atoms with Gasteiger partial charge in [-0.15, -0.1) is 0 Å². The van der Waals surface area contributed by atoms with Crippen LogP contribution in [0.5, 0.6) is 5.75 Å². The molecule has 2 aromatic rings. The molecule has 1 N–H and O–H groups in total. The van der Waals surface area contributed by atoms with E-state index in [1.165, 1.54) is 5.69 Å². The highest BCUT2D eigenvalue weighted by Crippen LogP contribution is 2.28. The fourth-order valence-corrected chi connectivity index (χ4v) is 2.28. The predicted octanol–water partition coefficient (Wildman–Crippen LogP) is 3.37. The van der Waals surface area contributed by atoms with Crippen LogP contribution >= 0.6 is 15.9 Å². The summed E-state index contributed by atoms with van der Waals surface area (Å²) in [7, 11) is 3.64. The van der Waals surface area contributed by atoms with Crippen molar-refractivity contribution >= 4 is 21.6 Å². The zero-order chi connectivity index (χ0) is 13.8. The molecule has 0 fully saturated rings. The molecule has 0 aliphatic heterocycles. The number of nitrogens with zero attached hydrogens (tertiary/aromatic N) is 2.